The van der Waals surface area contributed by atoms with Gasteiger partial charge in [-0.1, -0.05) is 44.8 Å². The maximum atomic E-state index is 11.5. The van der Waals surface area contributed by atoms with E-state index in [2.05, 4.69) is 12.2 Å². The van der Waals surface area contributed by atoms with Gasteiger partial charge in [-0.15, -0.1) is 11.8 Å². The van der Waals surface area contributed by atoms with Crippen LogP contribution in [0.1, 0.15) is 60.5 Å². The van der Waals surface area contributed by atoms with Gasteiger partial charge in [0.05, 0.1) is 0 Å². The zero-order chi connectivity index (χ0) is 17.2. The van der Waals surface area contributed by atoms with Gasteiger partial charge in [0.2, 0.25) is 5.91 Å². The van der Waals surface area contributed by atoms with Gasteiger partial charge in [0.25, 0.3) is 0 Å². The molecule has 1 amide bonds. The van der Waals surface area contributed by atoms with Crippen molar-refractivity contribution in [3.63, 3.8) is 0 Å². The third kappa shape index (κ3) is 6.79. The summed E-state index contributed by atoms with van der Waals surface area (Å²) in [5.74, 6) is -0.458. The first-order valence-corrected chi connectivity index (χ1v) is 9.65. The van der Waals surface area contributed by atoms with Crippen molar-refractivity contribution in [2.24, 2.45) is 5.73 Å². The van der Waals surface area contributed by atoms with Gasteiger partial charge in [0.1, 0.15) is 4.32 Å². The Morgan fingerprint density at radius 1 is 1.26 bits per heavy atom. The maximum Gasteiger partial charge on any atom is 0.248 e. The lowest BCUT2D eigenvalue weighted by Crippen LogP contribution is -2.20. The SMILES string of the molecule is CCCCCCCc1c(N)cc(C(N)=O)cc1CNC(=S)SC. The molecule has 5 N–H and O–H groups in total. The molecular formula is C17H27N3OS2. The lowest BCUT2D eigenvalue weighted by Gasteiger charge is -2.15. The summed E-state index contributed by atoms with van der Waals surface area (Å²) in [7, 11) is 0. The Morgan fingerprint density at radius 3 is 2.57 bits per heavy atom. The Bertz CT molecular complexity index is 547. The summed E-state index contributed by atoms with van der Waals surface area (Å²) in [6.07, 6.45) is 8.89. The summed E-state index contributed by atoms with van der Waals surface area (Å²) in [4.78, 5) is 11.5. The van der Waals surface area contributed by atoms with E-state index >= 15 is 0 Å². The van der Waals surface area contributed by atoms with Crippen molar-refractivity contribution >= 4 is 39.9 Å². The van der Waals surface area contributed by atoms with Crippen molar-refractivity contribution in [2.75, 3.05) is 12.0 Å². The minimum atomic E-state index is -0.458. The van der Waals surface area contributed by atoms with Crippen LogP contribution < -0.4 is 16.8 Å². The molecule has 0 radical (unpaired) electrons. The van der Waals surface area contributed by atoms with E-state index in [9.17, 15) is 4.79 Å². The fourth-order valence-electron chi connectivity index (χ4n) is 2.51. The second kappa shape index (κ2) is 10.5. The number of thioether (sulfide) groups is 1. The molecule has 0 unspecified atom stereocenters. The number of primary amides is 1. The summed E-state index contributed by atoms with van der Waals surface area (Å²) in [6, 6.07) is 3.51. The number of hydrogen-bond donors (Lipinski definition) is 3. The van der Waals surface area contributed by atoms with Gasteiger partial charge in [-0.25, -0.2) is 0 Å². The standard InChI is InChI=1S/C17H27N3OS2/c1-3-4-5-6-7-8-14-13(11-20-17(22)23-2)9-12(16(19)21)10-15(14)18/h9-10H,3-8,11,18H2,1-2H3,(H2,19,21)(H,20,22). The van der Waals surface area contributed by atoms with Crippen LogP contribution >= 0.6 is 24.0 Å². The molecule has 0 fully saturated rings. The van der Waals surface area contributed by atoms with Crippen molar-refractivity contribution < 1.29 is 4.79 Å². The molecule has 23 heavy (non-hydrogen) atoms. The molecule has 1 aromatic carbocycles. The molecule has 6 heteroatoms. The third-order valence-corrected chi connectivity index (χ3v) is 4.96. The summed E-state index contributed by atoms with van der Waals surface area (Å²) < 4.78 is 0.724. The molecule has 0 aromatic heterocycles. The van der Waals surface area contributed by atoms with Crippen LogP contribution in [0, 0.1) is 0 Å². The molecule has 4 nitrogen and oxygen atoms in total. The fraction of sp³-hybridized carbons (Fsp3) is 0.529. The van der Waals surface area contributed by atoms with Gasteiger partial charge in [-0.2, -0.15) is 0 Å². The van der Waals surface area contributed by atoms with Crippen molar-refractivity contribution in [1.82, 2.24) is 5.32 Å². The average molecular weight is 354 g/mol. The number of nitrogen functional groups attached to an aromatic ring is 1. The minimum absolute atomic E-state index is 0.448. The average Bonchev–Trinajstić information content (AvgIpc) is 2.53. The zero-order valence-corrected chi connectivity index (χ0v) is 15.6. The van der Waals surface area contributed by atoms with Gasteiger partial charge in [-0.3, -0.25) is 4.79 Å². The van der Waals surface area contributed by atoms with Crippen LogP contribution in [0.25, 0.3) is 0 Å². The Balaban J connectivity index is 2.87. The highest BCUT2D eigenvalue weighted by molar-refractivity contribution is 8.22. The normalized spacial score (nSPS) is 10.5. The predicted octanol–water partition coefficient (Wildman–Crippen LogP) is 3.62. The number of nitrogens with one attached hydrogen (secondary N) is 1. The number of amides is 1. The van der Waals surface area contributed by atoms with Crippen LogP contribution in [0.3, 0.4) is 0 Å². The highest BCUT2D eigenvalue weighted by Gasteiger charge is 2.12. The molecule has 0 bridgehead atoms. The highest BCUT2D eigenvalue weighted by Crippen LogP contribution is 2.23. The topological polar surface area (TPSA) is 81.1 Å². The van der Waals surface area contributed by atoms with Crippen molar-refractivity contribution in [3.05, 3.63) is 28.8 Å². The maximum absolute atomic E-state index is 11.5. The van der Waals surface area contributed by atoms with Gasteiger partial charge < -0.3 is 16.8 Å². The van der Waals surface area contributed by atoms with E-state index in [4.69, 9.17) is 23.7 Å². The van der Waals surface area contributed by atoms with Crippen LogP contribution in [-0.2, 0) is 13.0 Å². The molecule has 128 valence electrons. The number of nitrogens with two attached hydrogens (primary N) is 2. The van der Waals surface area contributed by atoms with Crippen molar-refractivity contribution in [1.29, 1.82) is 0 Å². The van der Waals surface area contributed by atoms with Gasteiger partial charge >= 0.3 is 0 Å². The predicted molar refractivity (Wildman–Crippen MR) is 105 cm³/mol. The summed E-state index contributed by atoms with van der Waals surface area (Å²) in [5, 5.41) is 3.18. The Kier molecular flexibility index (Phi) is 9.02. The summed E-state index contributed by atoms with van der Waals surface area (Å²) in [6.45, 7) is 2.77. The molecule has 0 heterocycles. The van der Waals surface area contributed by atoms with Crippen LogP contribution in [0.4, 0.5) is 5.69 Å². The zero-order valence-electron chi connectivity index (χ0n) is 14.0. The van der Waals surface area contributed by atoms with E-state index in [1.165, 1.54) is 37.4 Å². The van der Waals surface area contributed by atoms with E-state index in [-0.39, 0.29) is 0 Å². The molecule has 0 aliphatic carbocycles. The lowest BCUT2D eigenvalue weighted by molar-refractivity contribution is 0.1000. The molecular weight excluding hydrogens is 326 g/mol. The Hall–Kier alpha value is -1.27. The molecule has 0 saturated carbocycles. The lowest BCUT2D eigenvalue weighted by atomic mass is 9.96. The minimum Gasteiger partial charge on any atom is -0.398 e. The largest absolute Gasteiger partial charge is 0.398 e. The van der Waals surface area contributed by atoms with Crippen LogP contribution in [0.15, 0.2) is 12.1 Å². The third-order valence-electron chi connectivity index (χ3n) is 3.80. The summed E-state index contributed by atoms with van der Waals surface area (Å²) in [5.41, 5.74) is 14.8. The first-order valence-electron chi connectivity index (χ1n) is 8.02. The van der Waals surface area contributed by atoms with Gasteiger partial charge in [0, 0.05) is 17.8 Å². The number of benzene rings is 1. The van der Waals surface area contributed by atoms with Gasteiger partial charge in [-0.05, 0) is 42.4 Å². The first-order chi connectivity index (χ1) is 11.0. The fourth-order valence-corrected chi connectivity index (χ4v) is 2.79. The first kappa shape index (κ1) is 19.8. The Labute approximate surface area is 148 Å². The van der Waals surface area contributed by atoms with Crippen LogP contribution in [0.2, 0.25) is 0 Å². The smallest absolute Gasteiger partial charge is 0.248 e. The van der Waals surface area contributed by atoms with E-state index in [1.807, 2.05) is 12.3 Å². The molecule has 1 aromatic rings. The molecule has 0 saturated heterocycles. The van der Waals surface area contributed by atoms with Gasteiger partial charge in [0.15, 0.2) is 0 Å². The number of carbonyl (C=O) groups excluding carboxylic acids is 1. The second-order valence-electron chi connectivity index (χ2n) is 5.58. The molecule has 0 aliphatic rings. The number of thiocarbonyl (C=S) groups is 1. The quantitative estimate of drug-likeness (QED) is 0.359. The van der Waals surface area contributed by atoms with Crippen LogP contribution in [0.5, 0.6) is 0 Å². The van der Waals surface area contributed by atoms with E-state index in [0.717, 1.165) is 28.3 Å². The number of rotatable bonds is 9. The monoisotopic (exact) mass is 353 g/mol. The van der Waals surface area contributed by atoms with E-state index < -0.39 is 5.91 Å². The van der Waals surface area contributed by atoms with Crippen molar-refractivity contribution in [2.45, 2.75) is 52.0 Å². The number of unbranched alkanes of at least 4 members (excludes halogenated alkanes) is 4. The molecule has 1 rings (SSSR count). The number of anilines is 1. The second-order valence-corrected chi connectivity index (χ2v) is 7.06. The van der Waals surface area contributed by atoms with E-state index in [0.29, 0.717) is 17.8 Å². The number of carbonyl (C=O) groups is 1. The highest BCUT2D eigenvalue weighted by atomic mass is 32.2. The van der Waals surface area contributed by atoms with E-state index in [1.54, 1.807) is 6.07 Å². The molecule has 0 atom stereocenters. The summed E-state index contributed by atoms with van der Waals surface area (Å²) >= 11 is 6.67. The van der Waals surface area contributed by atoms with Crippen molar-refractivity contribution in [3.8, 4) is 0 Å². The Morgan fingerprint density at radius 2 is 1.96 bits per heavy atom. The van der Waals surface area contributed by atoms with Crippen LogP contribution in [-0.4, -0.2) is 16.5 Å². The molecule has 0 aliphatic heterocycles. The molecule has 0 spiro atoms. The number of hydrogen-bond acceptors (Lipinski definition) is 4.